The molecule has 0 fully saturated rings. The maximum Gasteiger partial charge on any atom is 0.472 e. The third-order valence-electron chi connectivity index (χ3n) is 19.8. The molecule has 0 aromatic carbocycles. The summed E-state index contributed by atoms with van der Waals surface area (Å²) in [5.74, 6) is 1.01. The van der Waals surface area contributed by atoms with Gasteiger partial charge in [0.05, 0.1) is 26.4 Å². The third-order valence-corrected chi connectivity index (χ3v) is 21.7. The summed E-state index contributed by atoms with van der Waals surface area (Å²) in [7, 11) is -9.92. The topological polar surface area (TPSA) is 237 Å². The van der Waals surface area contributed by atoms with Crippen molar-refractivity contribution in [3.05, 3.63) is 0 Å². The number of phosphoric ester groups is 2. The number of esters is 4. The Balaban J connectivity index is 5.18. The number of rotatable bonds is 79. The maximum atomic E-state index is 13.1. The minimum atomic E-state index is -4.96. The lowest BCUT2D eigenvalue weighted by Gasteiger charge is -2.21. The average molecular weight is 1480 g/mol. The van der Waals surface area contributed by atoms with Crippen LogP contribution in [-0.4, -0.2) is 96.7 Å². The van der Waals surface area contributed by atoms with Crippen molar-refractivity contribution in [3.63, 3.8) is 0 Å². The van der Waals surface area contributed by atoms with Crippen molar-refractivity contribution in [2.75, 3.05) is 39.6 Å². The van der Waals surface area contributed by atoms with E-state index in [1.165, 1.54) is 218 Å². The lowest BCUT2D eigenvalue weighted by molar-refractivity contribution is -0.161. The van der Waals surface area contributed by atoms with Crippen LogP contribution in [0.2, 0.25) is 0 Å². The molecule has 0 aromatic rings. The van der Waals surface area contributed by atoms with E-state index in [1.807, 2.05) is 0 Å². The lowest BCUT2D eigenvalue weighted by atomic mass is 9.99. The first-order valence-electron chi connectivity index (χ1n) is 42.3. The Hall–Kier alpha value is -1.94. The van der Waals surface area contributed by atoms with Crippen molar-refractivity contribution in [3.8, 4) is 0 Å². The van der Waals surface area contributed by atoms with Crippen molar-refractivity contribution in [1.82, 2.24) is 0 Å². The summed E-state index contributed by atoms with van der Waals surface area (Å²) in [6, 6.07) is 0. The van der Waals surface area contributed by atoms with E-state index < -0.39 is 97.5 Å². The molecule has 0 aliphatic heterocycles. The minimum absolute atomic E-state index is 0.105. The standard InChI is InChI=1S/C82H160O17P2/c1-9-74(7)60-52-44-36-32-33-39-49-57-65-82(87)99-77(68-92-79(84)62-54-46-37-30-26-22-19-15-17-21-25-29-35-43-51-59-73(5)6)70-96-100(88,89)94-66-76(83)67-95-101(90,91)97-71-78(69-93-80(85)63-55-47-41-40-45-53-61-75(8)10-2)98-81(86)64-56-48-38-31-27-23-18-14-12-11-13-16-20-24-28-34-42-50-58-72(3)4/h72-78,83H,9-71H2,1-8H3,(H,88,89)(H,90,91)/t74?,75?,76-,77-,78-/m1/s1. The van der Waals surface area contributed by atoms with Crippen molar-refractivity contribution < 1.29 is 80.2 Å². The summed E-state index contributed by atoms with van der Waals surface area (Å²) in [5.41, 5.74) is 0. The average Bonchev–Trinajstić information content (AvgIpc) is 0.943. The monoisotopic (exact) mass is 1480 g/mol. The first-order chi connectivity index (χ1) is 48.7. The fourth-order valence-electron chi connectivity index (χ4n) is 12.5. The Kier molecular flexibility index (Phi) is 69.6. The number of ether oxygens (including phenoxy) is 4. The van der Waals surface area contributed by atoms with Crippen molar-refractivity contribution in [2.24, 2.45) is 23.7 Å². The van der Waals surface area contributed by atoms with E-state index in [0.29, 0.717) is 25.7 Å². The van der Waals surface area contributed by atoms with Crippen LogP contribution in [0.25, 0.3) is 0 Å². The van der Waals surface area contributed by atoms with E-state index in [1.54, 1.807) is 0 Å². The van der Waals surface area contributed by atoms with E-state index in [9.17, 15) is 43.2 Å². The summed E-state index contributed by atoms with van der Waals surface area (Å²) in [6.07, 6.45) is 58.4. The molecule has 0 aromatic heterocycles. The van der Waals surface area contributed by atoms with Gasteiger partial charge in [-0.1, -0.05) is 370 Å². The zero-order valence-electron chi connectivity index (χ0n) is 66.5. The van der Waals surface area contributed by atoms with Gasteiger partial charge in [0.1, 0.15) is 19.3 Å². The van der Waals surface area contributed by atoms with Crippen LogP contribution in [0.4, 0.5) is 0 Å². The quantitative estimate of drug-likeness (QED) is 0.0222. The van der Waals surface area contributed by atoms with E-state index in [0.717, 1.165) is 120 Å². The van der Waals surface area contributed by atoms with Gasteiger partial charge >= 0.3 is 39.5 Å². The molecule has 0 bridgehead atoms. The maximum absolute atomic E-state index is 13.1. The van der Waals surface area contributed by atoms with Gasteiger partial charge in [0.25, 0.3) is 0 Å². The molecule has 0 saturated carbocycles. The number of phosphoric acid groups is 2. The molecule has 0 rings (SSSR count). The molecular formula is C82H160O17P2. The minimum Gasteiger partial charge on any atom is -0.462 e. The molecule has 7 atom stereocenters. The summed E-state index contributed by atoms with van der Waals surface area (Å²) in [4.78, 5) is 73.0. The van der Waals surface area contributed by atoms with E-state index in [-0.39, 0.29) is 25.7 Å². The predicted molar refractivity (Wildman–Crippen MR) is 414 cm³/mol. The van der Waals surface area contributed by atoms with Crippen LogP contribution in [0.3, 0.4) is 0 Å². The van der Waals surface area contributed by atoms with Crippen LogP contribution in [-0.2, 0) is 65.4 Å². The molecule has 3 N–H and O–H groups in total. The molecule has 0 saturated heterocycles. The fourth-order valence-corrected chi connectivity index (χ4v) is 14.1. The normalized spacial score (nSPS) is 14.5. The van der Waals surface area contributed by atoms with Crippen molar-refractivity contribution >= 4 is 39.5 Å². The van der Waals surface area contributed by atoms with Crippen molar-refractivity contribution in [1.29, 1.82) is 0 Å². The van der Waals surface area contributed by atoms with Gasteiger partial charge < -0.3 is 33.8 Å². The predicted octanol–water partition coefficient (Wildman–Crippen LogP) is 24.4. The second-order valence-corrected chi connectivity index (χ2v) is 33.9. The number of unbranched alkanes of at least 4 members (excludes halogenated alkanes) is 43. The number of hydrogen-bond donors (Lipinski definition) is 3. The van der Waals surface area contributed by atoms with E-state index >= 15 is 0 Å². The van der Waals surface area contributed by atoms with Gasteiger partial charge in [-0.2, -0.15) is 0 Å². The smallest absolute Gasteiger partial charge is 0.462 e. The highest BCUT2D eigenvalue weighted by Gasteiger charge is 2.30. The number of aliphatic hydroxyl groups is 1. The van der Waals surface area contributed by atoms with E-state index in [2.05, 4.69) is 55.4 Å². The Morgan fingerprint density at radius 2 is 0.475 bits per heavy atom. The van der Waals surface area contributed by atoms with Gasteiger partial charge in [0, 0.05) is 25.7 Å². The first-order valence-corrected chi connectivity index (χ1v) is 45.3. The highest BCUT2D eigenvalue weighted by molar-refractivity contribution is 7.47. The molecule has 101 heavy (non-hydrogen) atoms. The van der Waals surface area contributed by atoms with Crippen LogP contribution < -0.4 is 0 Å². The Morgan fingerprint density at radius 3 is 0.703 bits per heavy atom. The van der Waals surface area contributed by atoms with Gasteiger partial charge in [-0.25, -0.2) is 9.13 Å². The number of hydrogen-bond acceptors (Lipinski definition) is 15. The van der Waals surface area contributed by atoms with Gasteiger partial charge in [0.15, 0.2) is 12.2 Å². The number of aliphatic hydroxyl groups excluding tert-OH is 1. The summed E-state index contributed by atoms with van der Waals surface area (Å²) < 4.78 is 68.7. The summed E-state index contributed by atoms with van der Waals surface area (Å²) in [5, 5.41) is 10.6. The molecule has 4 unspecified atom stereocenters. The van der Waals surface area contributed by atoms with Crippen molar-refractivity contribution in [2.45, 2.75) is 440 Å². The zero-order valence-corrected chi connectivity index (χ0v) is 68.3. The highest BCUT2D eigenvalue weighted by atomic mass is 31.2. The third kappa shape index (κ3) is 73.4. The van der Waals surface area contributed by atoms with Gasteiger partial charge in [-0.3, -0.25) is 37.3 Å². The van der Waals surface area contributed by atoms with Gasteiger partial charge in [-0.15, -0.1) is 0 Å². The zero-order chi connectivity index (χ0) is 74.6. The number of carbonyl (C=O) groups is 4. The molecule has 17 nitrogen and oxygen atoms in total. The molecule has 0 spiro atoms. The second kappa shape index (κ2) is 71.0. The Morgan fingerprint density at radius 1 is 0.277 bits per heavy atom. The summed E-state index contributed by atoms with van der Waals surface area (Å²) >= 11 is 0. The van der Waals surface area contributed by atoms with Crippen LogP contribution in [0.1, 0.15) is 421 Å². The van der Waals surface area contributed by atoms with Crippen LogP contribution >= 0.6 is 15.6 Å². The SMILES string of the molecule is CCC(C)CCCCCCCCCCC(=O)O[C@H](COC(=O)CCCCCCCCCCCCCCCCCC(C)C)COP(=O)(O)OC[C@@H](O)COP(=O)(O)OC[C@@H](COC(=O)CCCCCCCCC(C)CC)OC(=O)CCCCCCCCCCCCCCCCCCCCC(C)C. The molecule has 0 aliphatic carbocycles. The van der Waals surface area contributed by atoms with Crippen LogP contribution in [0.15, 0.2) is 0 Å². The lowest BCUT2D eigenvalue weighted by Crippen LogP contribution is -2.30. The Labute approximate surface area is 619 Å². The molecule has 600 valence electrons. The molecule has 19 heteroatoms. The Bertz CT molecular complexity index is 1980. The largest absolute Gasteiger partial charge is 0.472 e. The number of carbonyl (C=O) groups excluding carboxylic acids is 4. The van der Waals surface area contributed by atoms with Gasteiger partial charge in [0.2, 0.25) is 0 Å². The molecule has 0 aliphatic rings. The highest BCUT2D eigenvalue weighted by Crippen LogP contribution is 2.45. The molecule has 0 heterocycles. The fraction of sp³-hybridized carbons (Fsp3) is 0.951. The second-order valence-electron chi connectivity index (χ2n) is 31.0. The van der Waals surface area contributed by atoms with E-state index in [4.69, 9.17) is 37.0 Å². The van der Waals surface area contributed by atoms with Crippen LogP contribution in [0, 0.1) is 23.7 Å². The molecular weight excluding hydrogens is 1320 g/mol. The molecule has 0 radical (unpaired) electrons. The van der Waals surface area contributed by atoms with Crippen LogP contribution in [0.5, 0.6) is 0 Å². The molecule has 0 amide bonds. The summed E-state index contributed by atoms with van der Waals surface area (Å²) in [6.45, 7) is 14.3. The first kappa shape index (κ1) is 99.1. The van der Waals surface area contributed by atoms with Gasteiger partial charge in [-0.05, 0) is 49.4 Å².